The summed E-state index contributed by atoms with van der Waals surface area (Å²) in [5.41, 5.74) is 0.660. The molecule has 0 saturated heterocycles. The molecule has 0 atom stereocenters. The van der Waals surface area contributed by atoms with E-state index >= 15 is 0 Å². The molecule has 17 heavy (non-hydrogen) atoms. The highest BCUT2D eigenvalue weighted by Crippen LogP contribution is 2.13. The molecule has 1 aromatic rings. The van der Waals surface area contributed by atoms with Gasteiger partial charge in [-0.2, -0.15) is 0 Å². The van der Waals surface area contributed by atoms with Gasteiger partial charge in [0.25, 0.3) is 0 Å². The second kappa shape index (κ2) is 7.07. The van der Waals surface area contributed by atoms with Gasteiger partial charge in [0.15, 0.2) is 5.78 Å². The van der Waals surface area contributed by atoms with Crippen LogP contribution in [0.5, 0.6) is 0 Å². The molecule has 1 rings (SSSR count). The molecule has 1 N–H and O–H groups in total. The van der Waals surface area contributed by atoms with Gasteiger partial charge in [0.1, 0.15) is 0 Å². The maximum absolute atomic E-state index is 11.7. The monoisotopic (exact) mass is 254 g/mol. The summed E-state index contributed by atoms with van der Waals surface area (Å²) in [6.45, 7) is 0. The zero-order valence-electron chi connectivity index (χ0n) is 9.49. The van der Waals surface area contributed by atoms with Crippen LogP contribution >= 0.6 is 11.6 Å². The molecular formula is C13H15ClO3. The zero-order chi connectivity index (χ0) is 12.7. The molecule has 0 fully saturated rings. The number of carbonyl (C=O) groups excluding carboxylic acids is 1. The largest absolute Gasteiger partial charge is 0.481 e. The lowest BCUT2D eigenvalue weighted by Gasteiger charge is -2.01. The number of benzene rings is 1. The molecule has 0 saturated carbocycles. The number of aliphatic carboxylic acids is 1. The molecule has 0 spiro atoms. The van der Waals surface area contributed by atoms with E-state index in [9.17, 15) is 9.59 Å². The Labute approximate surface area is 105 Å². The van der Waals surface area contributed by atoms with Crippen molar-refractivity contribution in [1.29, 1.82) is 0 Å². The van der Waals surface area contributed by atoms with Gasteiger partial charge in [-0.15, -0.1) is 0 Å². The third-order valence-electron chi connectivity index (χ3n) is 2.46. The van der Waals surface area contributed by atoms with E-state index in [1.807, 2.05) is 0 Å². The summed E-state index contributed by atoms with van der Waals surface area (Å²) >= 11 is 5.72. The first-order valence-corrected chi connectivity index (χ1v) is 5.98. The first-order chi connectivity index (χ1) is 8.09. The van der Waals surface area contributed by atoms with Crippen molar-refractivity contribution in [3.05, 3.63) is 34.9 Å². The Balaban J connectivity index is 2.25. The highest BCUT2D eigenvalue weighted by atomic mass is 35.5. The van der Waals surface area contributed by atoms with E-state index in [0.717, 1.165) is 12.8 Å². The van der Waals surface area contributed by atoms with E-state index in [0.29, 0.717) is 23.4 Å². The first kappa shape index (κ1) is 13.7. The van der Waals surface area contributed by atoms with E-state index in [2.05, 4.69) is 0 Å². The fraction of sp³-hybridized carbons (Fsp3) is 0.385. The average Bonchev–Trinajstić information content (AvgIpc) is 2.29. The maximum atomic E-state index is 11.7. The SMILES string of the molecule is O=C(O)CCCCCC(=O)c1ccc(Cl)cc1. The van der Waals surface area contributed by atoms with Crippen LogP contribution in [0.4, 0.5) is 0 Å². The second-order valence-corrected chi connectivity index (χ2v) is 4.32. The maximum Gasteiger partial charge on any atom is 0.303 e. The molecule has 0 aromatic heterocycles. The van der Waals surface area contributed by atoms with Gasteiger partial charge in [-0.1, -0.05) is 18.0 Å². The van der Waals surface area contributed by atoms with Crippen LogP contribution in [0.25, 0.3) is 0 Å². The van der Waals surface area contributed by atoms with Crippen molar-refractivity contribution in [2.45, 2.75) is 32.1 Å². The minimum absolute atomic E-state index is 0.0805. The second-order valence-electron chi connectivity index (χ2n) is 3.88. The van der Waals surface area contributed by atoms with Crippen LogP contribution in [0, 0.1) is 0 Å². The summed E-state index contributed by atoms with van der Waals surface area (Å²) in [7, 11) is 0. The number of Topliss-reactive ketones (excluding diaryl/α,β-unsaturated/α-hetero) is 1. The number of hydrogen-bond acceptors (Lipinski definition) is 2. The number of halogens is 1. The van der Waals surface area contributed by atoms with Gasteiger partial charge >= 0.3 is 5.97 Å². The number of carboxylic acid groups (broad SMARTS) is 1. The van der Waals surface area contributed by atoms with Crippen molar-refractivity contribution in [1.82, 2.24) is 0 Å². The predicted molar refractivity (Wildman–Crippen MR) is 66.5 cm³/mol. The van der Waals surface area contributed by atoms with Crippen molar-refractivity contribution in [2.24, 2.45) is 0 Å². The van der Waals surface area contributed by atoms with Crippen LogP contribution in [0.3, 0.4) is 0 Å². The minimum Gasteiger partial charge on any atom is -0.481 e. The van der Waals surface area contributed by atoms with Crippen LogP contribution < -0.4 is 0 Å². The lowest BCUT2D eigenvalue weighted by atomic mass is 10.0. The van der Waals surface area contributed by atoms with E-state index in [1.54, 1.807) is 24.3 Å². The minimum atomic E-state index is -0.783. The molecule has 4 heteroatoms. The number of carboxylic acids is 1. The average molecular weight is 255 g/mol. The molecule has 0 radical (unpaired) electrons. The van der Waals surface area contributed by atoms with Crippen molar-refractivity contribution >= 4 is 23.4 Å². The molecule has 0 aliphatic heterocycles. The zero-order valence-corrected chi connectivity index (χ0v) is 10.2. The smallest absolute Gasteiger partial charge is 0.303 e. The van der Waals surface area contributed by atoms with E-state index in [1.165, 1.54) is 0 Å². The van der Waals surface area contributed by atoms with Crippen LogP contribution in [-0.2, 0) is 4.79 Å². The molecule has 0 bridgehead atoms. The van der Waals surface area contributed by atoms with Crippen molar-refractivity contribution in [3.8, 4) is 0 Å². The molecule has 0 aliphatic rings. The fourth-order valence-electron chi connectivity index (χ4n) is 1.52. The number of unbranched alkanes of at least 4 members (excludes halogenated alkanes) is 2. The van der Waals surface area contributed by atoms with Crippen molar-refractivity contribution in [3.63, 3.8) is 0 Å². The highest BCUT2D eigenvalue weighted by Gasteiger charge is 2.05. The number of rotatable bonds is 7. The summed E-state index contributed by atoms with van der Waals surface area (Å²) in [5.74, 6) is -0.703. The quantitative estimate of drug-likeness (QED) is 0.598. The molecular weight excluding hydrogens is 240 g/mol. The van der Waals surface area contributed by atoms with Crippen LogP contribution in [0.2, 0.25) is 5.02 Å². The van der Waals surface area contributed by atoms with Crippen LogP contribution in [-0.4, -0.2) is 16.9 Å². The normalized spacial score (nSPS) is 10.2. The molecule has 92 valence electrons. The Hall–Kier alpha value is -1.35. The van der Waals surface area contributed by atoms with Crippen LogP contribution in [0.1, 0.15) is 42.5 Å². The Morgan fingerprint density at radius 2 is 1.59 bits per heavy atom. The van der Waals surface area contributed by atoms with Gasteiger partial charge in [0.2, 0.25) is 0 Å². The highest BCUT2D eigenvalue weighted by molar-refractivity contribution is 6.30. The summed E-state index contributed by atoms with van der Waals surface area (Å²) < 4.78 is 0. The molecule has 0 unspecified atom stereocenters. The van der Waals surface area contributed by atoms with E-state index in [4.69, 9.17) is 16.7 Å². The number of ketones is 1. The standard InChI is InChI=1S/C13H15ClO3/c14-11-8-6-10(7-9-11)12(15)4-2-1-3-5-13(16)17/h6-9H,1-5H2,(H,16,17). The molecule has 1 aromatic carbocycles. The third kappa shape index (κ3) is 5.50. The lowest BCUT2D eigenvalue weighted by molar-refractivity contribution is -0.137. The third-order valence-corrected chi connectivity index (χ3v) is 2.71. The Bertz CT molecular complexity index is 384. The van der Waals surface area contributed by atoms with Gasteiger partial charge in [-0.05, 0) is 37.1 Å². The molecule has 0 heterocycles. The van der Waals surface area contributed by atoms with Crippen molar-refractivity contribution in [2.75, 3.05) is 0 Å². The molecule has 3 nitrogen and oxygen atoms in total. The van der Waals surface area contributed by atoms with Crippen LogP contribution in [0.15, 0.2) is 24.3 Å². The first-order valence-electron chi connectivity index (χ1n) is 5.60. The number of carbonyl (C=O) groups is 2. The molecule has 0 amide bonds. The van der Waals surface area contributed by atoms with E-state index in [-0.39, 0.29) is 12.2 Å². The Morgan fingerprint density at radius 1 is 1.00 bits per heavy atom. The predicted octanol–water partition coefficient (Wildman–Crippen LogP) is 3.56. The summed E-state index contributed by atoms with van der Waals surface area (Å²) in [6, 6.07) is 6.81. The topological polar surface area (TPSA) is 54.4 Å². The van der Waals surface area contributed by atoms with E-state index < -0.39 is 5.97 Å². The Kier molecular flexibility index (Phi) is 5.70. The van der Waals surface area contributed by atoms with Gasteiger partial charge in [-0.3, -0.25) is 9.59 Å². The molecule has 0 aliphatic carbocycles. The summed E-state index contributed by atoms with van der Waals surface area (Å²) in [5, 5.41) is 9.06. The Morgan fingerprint density at radius 3 is 2.18 bits per heavy atom. The summed E-state index contributed by atoms with van der Waals surface area (Å²) in [6.07, 6.45) is 2.76. The van der Waals surface area contributed by atoms with Gasteiger partial charge in [-0.25, -0.2) is 0 Å². The summed E-state index contributed by atoms with van der Waals surface area (Å²) in [4.78, 5) is 22.0. The van der Waals surface area contributed by atoms with Crippen molar-refractivity contribution < 1.29 is 14.7 Å². The fourth-order valence-corrected chi connectivity index (χ4v) is 1.64. The van der Waals surface area contributed by atoms with Gasteiger partial charge in [0, 0.05) is 23.4 Å². The van der Waals surface area contributed by atoms with Gasteiger partial charge in [0.05, 0.1) is 0 Å². The van der Waals surface area contributed by atoms with Gasteiger partial charge < -0.3 is 5.11 Å². The lowest BCUT2D eigenvalue weighted by Crippen LogP contribution is -1.99. The number of hydrogen-bond donors (Lipinski definition) is 1.